The highest BCUT2D eigenvalue weighted by Crippen LogP contribution is 2.29. The normalized spacial score (nSPS) is 10.4. The van der Waals surface area contributed by atoms with E-state index in [1.165, 1.54) is 9.79 Å². The molecule has 0 nitrogen and oxygen atoms in total. The van der Waals surface area contributed by atoms with Crippen LogP contribution in [0.1, 0.15) is 5.56 Å². The van der Waals surface area contributed by atoms with E-state index in [1.54, 1.807) is 11.8 Å². The van der Waals surface area contributed by atoms with Gasteiger partial charge < -0.3 is 0 Å². The summed E-state index contributed by atoms with van der Waals surface area (Å²) >= 11 is 11.0. The van der Waals surface area contributed by atoms with Crippen molar-refractivity contribution in [2.75, 3.05) is 0 Å². The van der Waals surface area contributed by atoms with Crippen LogP contribution in [0.15, 0.2) is 62.8 Å². The van der Waals surface area contributed by atoms with E-state index in [2.05, 4.69) is 52.3 Å². The molecule has 0 N–H and O–H groups in total. The Morgan fingerprint density at radius 3 is 2.38 bits per heavy atom. The van der Waals surface area contributed by atoms with Gasteiger partial charge in [0.2, 0.25) is 0 Å². The molecule has 0 aliphatic carbocycles. The molecule has 2 aromatic carbocycles. The second-order valence-corrected chi connectivity index (χ2v) is 5.67. The highest BCUT2D eigenvalue weighted by molar-refractivity contribution is 9.10. The molecule has 3 heteroatoms. The monoisotopic (exact) mass is 312 g/mol. The molecule has 0 saturated heterocycles. The molecule has 82 valence electrons. The minimum absolute atomic E-state index is 0.571. The van der Waals surface area contributed by atoms with Crippen molar-refractivity contribution in [2.45, 2.75) is 15.7 Å². The number of alkyl halides is 1. The number of hydrogen-bond acceptors (Lipinski definition) is 1. The highest BCUT2D eigenvalue weighted by atomic mass is 79.9. The lowest BCUT2D eigenvalue weighted by molar-refractivity contribution is 1.33. The minimum Gasteiger partial charge on any atom is -0.122 e. The smallest absolute Gasteiger partial charge is 0.0474 e. The van der Waals surface area contributed by atoms with E-state index in [1.807, 2.05) is 12.1 Å². The summed E-state index contributed by atoms with van der Waals surface area (Å²) in [6, 6.07) is 16.6. The Labute approximate surface area is 113 Å². The van der Waals surface area contributed by atoms with Gasteiger partial charge >= 0.3 is 0 Å². The molecule has 0 fully saturated rings. The third-order valence-electron chi connectivity index (χ3n) is 2.11. The number of halogens is 2. The summed E-state index contributed by atoms with van der Waals surface area (Å²) in [5.74, 6) is 0.571. The van der Waals surface area contributed by atoms with Crippen molar-refractivity contribution < 1.29 is 0 Å². The molecule has 0 heterocycles. The van der Waals surface area contributed by atoms with E-state index in [0.717, 1.165) is 10.0 Å². The minimum atomic E-state index is 0.571. The Hall–Kier alpha value is -0.440. The van der Waals surface area contributed by atoms with Crippen LogP contribution in [0.2, 0.25) is 0 Å². The summed E-state index contributed by atoms with van der Waals surface area (Å²) in [6.45, 7) is 0. The van der Waals surface area contributed by atoms with Crippen LogP contribution in [0.4, 0.5) is 0 Å². The Morgan fingerprint density at radius 1 is 1.00 bits per heavy atom. The second kappa shape index (κ2) is 5.76. The lowest BCUT2D eigenvalue weighted by Gasteiger charge is -2.03. The largest absolute Gasteiger partial charge is 0.122 e. The van der Waals surface area contributed by atoms with Gasteiger partial charge in [-0.15, -0.1) is 11.6 Å². The number of benzene rings is 2. The predicted octanol–water partition coefficient (Wildman–Crippen LogP) is 5.34. The van der Waals surface area contributed by atoms with E-state index >= 15 is 0 Å². The number of rotatable bonds is 3. The van der Waals surface area contributed by atoms with Gasteiger partial charge in [0.15, 0.2) is 0 Å². The fourth-order valence-corrected chi connectivity index (χ4v) is 2.92. The van der Waals surface area contributed by atoms with Gasteiger partial charge in [-0.3, -0.25) is 0 Å². The van der Waals surface area contributed by atoms with Gasteiger partial charge in [-0.1, -0.05) is 45.9 Å². The van der Waals surface area contributed by atoms with Crippen LogP contribution >= 0.6 is 39.3 Å². The zero-order valence-electron chi connectivity index (χ0n) is 8.49. The third-order valence-corrected chi connectivity index (χ3v) is 3.91. The van der Waals surface area contributed by atoms with Crippen LogP contribution in [0.25, 0.3) is 0 Å². The Kier molecular flexibility index (Phi) is 4.33. The summed E-state index contributed by atoms with van der Waals surface area (Å²) in [4.78, 5) is 2.46. The molecule has 0 amide bonds. The predicted molar refractivity (Wildman–Crippen MR) is 74.3 cm³/mol. The highest BCUT2D eigenvalue weighted by Gasteiger charge is 1.98. The zero-order chi connectivity index (χ0) is 11.4. The Balaban J connectivity index is 2.14. The number of hydrogen-bond donors (Lipinski definition) is 0. The molecule has 0 saturated carbocycles. The maximum absolute atomic E-state index is 5.75. The van der Waals surface area contributed by atoms with Gasteiger partial charge in [-0.25, -0.2) is 0 Å². The average molecular weight is 314 g/mol. The van der Waals surface area contributed by atoms with E-state index in [-0.39, 0.29) is 0 Å². The molecule has 0 aliphatic heterocycles. The first-order valence-electron chi connectivity index (χ1n) is 4.86. The van der Waals surface area contributed by atoms with Crippen molar-refractivity contribution in [3.05, 3.63) is 58.6 Å². The molecule has 0 atom stereocenters. The molecule has 0 aliphatic rings. The first-order chi connectivity index (χ1) is 7.78. The van der Waals surface area contributed by atoms with E-state index in [0.29, 0.717) is 5.88 Å². The molecule has 0 radical (unpaired) electrons. The fraction of sp³-hybridized carbons (Fsp3) is 0.0769. The average Bonchev–Trinajstić information content (AvgIpc) is 2.30. The van der Waals surface area contributed by atoms with Crippen molar-refractivity contribution in [3.63, 3.8) is 0 Å². The summed E-state index contributed by atoms with van der Waals surface area (Å²) in [5, 5.41) is 0. The topological polar surface area (TPSA) is 0 Å². The molecular weight excluding hydrogens is 304 g/mol. The summed E-state index contributed by atoms with van der Waals surface area (Å²) in [7, 11) is 0. The van der Waals surface area contributed by atoms with Crippen molar-refractivity contribution in [2.24, 2.45) is 0 Å². The van der Waals surface area contributed by atoms with Crippen LogP contribution < -0.4 is 0 Å². The van der Waals surface area contributed by atoms with Crippen molar-refractivity contribution >= 4 is 39.3 Å². The van der Waals surface area contributed by atoms with E-state index in [9.17, 15) is 0 Å². The lowest BCUT2D eigenvalue weighted by atomic mass is 10.2. The Bertz CT molecular complexity index is 468. The maximum Gasteiger partial charge on any atom is 0.0474 e. The lowest BCUT2D eigenvalue weighted by Crippen LogP contribution is -1.78. The second-order valence-electron chi connectivity index (χ2n) is 3.34. The van der Waals surface area contributed by atoms with Crippen LogP contribution in [0, 0.1) is 0 Å². The molecular formula is C13H10BrClS. The van der Waals surface area contributed by atoms with Crippen molar-refractivity contribution in [1.82, 2.24) is 0 Å². The van der Waals surface area contributed by atoms with E-state index < -0.39 is 0 Å². The van der Waals surface area contributed by atoms with Crippen LogP contribution in [0.5, 0.6) is 0 Å². The van der Waals surface area contributed by atoms with Crippen LogP contribution in [-0.4, -0.2) is 0 Å². The third kappa shape index (κ3) is 3.27. The van der Waals surface area contributed by atoms with Gasteiger partial charge in [0.25, 0.3) is 0 Å². The van der Waals surface area contributed by atoms with Gasteiger partial charge in [0.05, 0.1) is 0 Å². The van der Waals surface area contributed by atoms with Crippen molar-refractivity contribution in [3.8, 4) is 0 Å². The van der Waals surface area contributed by atoms with E-state index in [4.69, 9.17) is 11.6 Å². The molecule has 0 bridgehead atoms. The zero-order valence-corrected chi connectivity index (χ0v) is 11.6. The molecule has 2 aromatic rings. The SMILES string of the molecule is ClCc1ccc(Sc2cccc(Br)c2)cc1. The quantitative estimate of drug-likeness (QED) is 0.689. The van der Waals surface area contributed by atoms with Crippen molar-refractivity contribution in [1.29, 1.82) is 0 Å². The first kappa shape index (κ1) is 12.0. The summed E-state index contributed by atoms with van der Waals surface area (Å²) < 4.78 is 1.11. The summed E-state index contributed by atoms with van der Waals surface area (Å²) in [6.07, 6.45) is 0. The molecule has 2 rings (SSSR count). The standard InChI is InChI=1S/C13H10BrClS/c14-11-2-1-3-13(8-11)16-12-6-4-10(9-15)5-7-12/h1-8H,9H2. The molecule has 0 unspecified atom stereocenters. The molecule has 0 spiro atoms. The van der Waals surface area contributed by atoms with Gasteiger partial charge in [-0.2, -0.15) is 0 Å². The van der Waals surface area contributed by atoms with Gasteiger partial charge in [0, 0.05) is 20.1 Å². The van der Waals surface area contributed by atoms with Gasteiger partial charge in [0.1, 0.15) is 0 Å². The van der Waals surface area contributed by atoms with Crippen LogP contribution in [-0.2, 0) is 5.88 Å². The Morgan fingerprint density at radius 2 is 1.75 bits per heavy atom. The molecule has 0 aromatic heterocycles. The summed E-state index contributed by atoms with van der Waals surface area (Å²) in [5.41, 5.74) is 1.15. The van der Waals surface area contributed by atoms with Gasteiger partial charge in [-0.05, 0) is 35.9 Å². The maximum atomic E-state index is 5.75. The fourth-order valence-electron chi connectivity index (χ4n) is 1.31. The molecule has 16 heavy (non-hydrogen) atoms. The van der Waals surface area contributed by atoms with Crippen LogP contribution in [0.3, 0.4) is 0 Å². The first-order valence-corrected chi connectivity index (χ1v) is 7.00.